The molecule has 1 aromatic rings. The van der Waals surface area contributed by atoms with Crippen LogP contribution in [0.25, 0.3) is 0 Å². The fourth-order valence-corrected chi connectivity index (χ4v) is 1.87. The maximum atomic E-state index is 10.9. The molecule has 0 spiro atoms. The van der Waals surface area contributed by atoms with Crippen LogP contribution in [0.15, 0.2) is 17.1 Å². The lowest BCUT2D eigenvalue weighted by molar-refractivity contribution is -0.394. The lowest BCUT2D eigenvalue weighted by Crippen LogP contribution is -2.21. The number of nitro groups is 2. The summed E-state index contributed by atoms with van der Waals surface area (Å²) >= 11 is 0. The van der Waals surface area contributed by atoms with Gasteiger partial charge in [-0.1, -0.05) is 0 Å². The van der Waals surface area contributed by atoms with E-state index in [0.717, 1.165) is 6.07 Å². The van der Waals surface area contributed by atoms with Crippen molar-refractivity contribution < 1.29 is 24.8 Å². The van der Waals surface area contributed by atoms with Crippen LogP contribution in [0.2, 0.25) is 0 Å². The smallest absolute Gasteiger partial charge is 0.318 e. The third kappa shape index (κ3) is 2.60. The second kappa shape index (κ2) is 5.32. The van der Waals surface area contributed by atoms with Crippen molar-refractivity contribution in [3.05, 3.63) is 37.9 Å². The normalized spacial score (nSPS) is 20.8. The van der Waals surface area contributed by atoms with E-state index in [1.54, 1.807) is 6.92 Å². The van der Waals surface area contributed by atoms with Crippen LogP contribution in [0.4, 0.5) is 11.4 Å². The van der Waals surface area contributed by atoms with E-state index in [9.17, 15) is 25.3 Å². The first-order valence-corrected chi connectivity index (χ1v) is 5.86. The molecule has 0 aliphatic carbocycles. The summed E-state index contributed by atoms with van der Waals surface area (Å²) in [5, 5.41) is 40.6. The highest BCUT2D eigenvalue weighted by Gasteiger charge is 2.33. The molecular formula is C11H11N3O7. The Bertz CT molecular complexity index is 643. The minimum absolute atomic E-state index is 0.175. The zero-order valence-corrected chi connectivity index (χ0v) is 10.8. The summed E-state index contributed by atoms with van der Waals surface area (Å²) < 4.78 is 5.29. The van der Waals surface area contributed by atoms with E-state index in [-0.39, 0.29) is 18.1 Å². The Labute approximate surface area is 117 Å². The first kappa shape index (κ1) is 14.7. The third-order valence-electron chi connectivity index (χ3n) is 3.02. The van der Waals surface area contributed by atoms with Gasteiger partial charge in [-0.05, 0) is 6.92 Å². The number of phenols is 1. The lowest BCUT2D eigenvalue weighted by Gasteiger charge is -2.10. The minimum atomic E-state index is -0.936. The summed E-state index contributed by atoms with van der Waals surface area (Å²) in [6.45, 7) is 1.29. The van der Waals surface area contributed by atoms with Crippen LogP contribution in [-0.2, 0) is 4.74 Å². The van der Waals surface area contributed by atoms with E-state index >= 15 is 0 Å². The molecule has 0 saturated carbocycles. The Morgan fingerprint density at radius 1 is 1.33 bits per heavy atom. The zero-order valence-electron chi connectivity index (χ0n) is 10.8. The van der Waals surface area contributed by atoms with Gasteiger partial charge in [0.15, 0.2) is 0 Å². The van der Waals surface area contributed by atoms with Gasteiger partial charge in [-0.3, -0.25) is 20.2 Å². The second-order valence-electron chi connectivity index (χ2n) is 4.38. The molecule has 0 bridgehead atoms. The maximum absolute atomic E-state index is 10.9. The highest BCUT2D eigenvalue weighted by Crippen LogP contribution is 2.36. The van der Waals surface area contributed by atoms with Crippen molar-refractivity contribution in [2.24, 2.45) is 4.99 Å². The van der Waals surface area contributed by atoms with Crippen LogP contribution >= 0.6 is 0 Å². The number of aromatic hydroxyl groups is 1. The van der Waals surface area contributed by atoms with E-state index in [4.69, 9.17) is 9.84 Å². The van der Waals surface area contributed by atoms with E-state index in [2.05, 4.69) is 4.99 Å². The number of aliphatic hydroxyl groups is 1. The summed E-state index contributed by atoms with van der Waals surface area (Å²) in [6.07, 6.45) is -0.511. The first-order valence-electron chi connectivity index (χ1n) is 5.86. The first-order chi connectivity index (χ1) is 9.85. The van der Waals surface area contributed by atoms with Crippen LogP contribution in [0.5, 0.6) is 5.75 Å². The van der Waals surface area contributed by atoms with Gasteiger partial charge in [0.1, 0.15) is 12.1 Å². The molecule has 0 amide bonds. The van der Waals surface area contributed by atoms with Crippen molar-refractivity contribution in [2.45, 2.75) is 19.1 Å². The SMILES string of the molecule is C[C@H]1OC(c2cc([N+](=O)[O-])cc([N+](=O)[O-])c2O)=N[C@@H]1CO. The van der Waals surface area contributed by atoms with Gasteiger partial charge in [0, 0.05) is 6.07 Å². The highest BCUT2D eigenvalue weighted by atomic mass is 16.6. The molecule has 0 aromatic heterocycles. The maximum Gasteiger partial charge on any atom is 0.318 e. The van der Waals surface area contributed by atoms with E-state index in [0.29, 0.717) is 6.07 Å². The van der Waals surface area contributed by atoms with Crippen molar-refractivity contribution in [2.75, 3.05) is 6.61 Å². The molecule has 0 fully saturated rings. The molecule has 1 aromatic carbocycles. The van der Waals surface area contributed by atoms with Gasteiger partial charge < -0.3 is 14.9 Å². The fourth-order valence-electron chi connectivity index (χ4n) is 1.87. The molecule has 0 radical (unpaired) electrons. The topological polar surface area (TPSA) is 148 Å². The molecule has 2 N–H and O–H groups in total. The number of hydrogen-bond donors (Lipinski definition) is 2. The number of rotatable bonds is 4. The van der Waals surface area contributed by atoms with Gasteiger partial charge in [0.05, 0.1) is 28.1 Å². The molecule has 21 heavy (non-hydrogen) atoms. The van der Waals surface area contributed by atoms with Crippen LogP contribution < -0.4 is 0 Å². The number of aliphatic imine (C=N–C) groups is 1. The second-order valence-corrected chi connectivity index (χ2v) is 4.38. The number of nitrogens with zero attached hydrogens (tertiary/aromatic N) is 3. The molecular weight excluding hydrogens is 286 g/mol. The molecule has 0 unspecified atom stereocenters. The average molecular weight is 297 g/mol. The molecule has 1 aliphatic rings. The zero-order chi connectivity index (χ0) is 15.7. The van der Waals surface area contributed by atoms with Crippen molar-refractivity contribution in [3.63, 3.8) is 0 Å². The molecule has 0 saturated heterocycles. The number of benzene rings is 1. The lowest BCUT2D eigenvalue weighted by atomic mass is 10.1. The van der Waals surface area contributed by atoms with Gasteiger partial charge in [-0.15, -0.1) is 0 Å². The predicted octanol–water partition coefficient (Wildman–Crippen LogP) is 0.735. The Morgan fingerprint density at radius 3 is 2.48 bits per heavy atom. The van der Waals surface area contributed by atoms with Crippen LogP contribution in [-0.4, -0.2) is 44.7 Å². The number of nitro benzene ring substituents is 2. The molecule has 1 heterocycles. The summed E-state index contributed by atoms with van der Waals surface area (Å²) in [5.41, 5.74) is -1.63. The molecule has 10 heteroatoms. The largest absolute Gasteiger partial charge is 0.502 e. The summed E-state index contributed by atoms with van der Waals surface area (Å²) in [7, 11) is 0. The van der Waals surface area contributed by atoms with Crippen LogP contribution in [0, 0.1) is 20.2 Å². The molecule has 112 valence electrons. The number of ether oxygens (including phenoxy) is 1. The quantitative estimate of drug-likeness (QED) is 0.614. The van der Waals surface area contributed by atoms with Crippen molar-refractivity contribution in [3.8, 4) is 5.75 Å². The van der Waals surface area contributed by atoms with Gasteiger partial charge in [-0.2, -0.15) is 0 Å². The molecule has 2 rings (SSSR count). The highest BCUT2D eigenvalue weighted by molar-refractivity contribution is 6.00. The Morgan fingerprint density at radius 2 is 2.00 bits per heavy atom. The van der Waals surface area contributed by atoms with E-state index in [1.165, 1.54) is 0 Å². The van der Waals surface area contributed by atoms with E-state index in [1.807, 2.05) is 0 Å². The number of hydrogen-bond acceptors (Lipinski definition) is 8. The average Bonchev–Trinajstić information content (AvgIpc) is 2.79. The summed E-state index contributed by atoms with van der Waals surface area (Å²) in [6, 6.07) is 0.993. The van der Waals surface area contributed by atoms with Crippen molar-refractivity contribution in [1.29, 1.82) is 0 Å². The van der Waals surface area contributed by atoms with Gasteiger partial charge >= 0.3 is 5.69 Å². The number of aliphatic hydroxyl groups excluding tert-OH is 1. The Hall–Kier alpha value is -2.75. The van der Waals surface area contributed by atoms with Crippen molar-refractivity contribution >= 4 is 17.3 Å². The Kier molecular flexibility index (Phi) is 3.72. The molecule has 2 atom stereocenters. The number of non-ortho nitro benzene ring substituents is 1. The molecule has 10 nitrogen and oxygen atoms in total. The number of phenolic OH excluding ortho intramolecular Hbond substituents is 1. The molecule has 1 aliphatic heterocycles. The van der Waals surface area contributed by atoms with E-state index < -0.39 is 39.1 Å². The van der Waals surface area contributed by atoms with Crippen LogP contribution in [0.1, 0.15) is 12.5 Å². The predicted molar refractivity (Wildman–Crippen MR) is 69.4 cm³/mol. The summed E-state index contributed by atoms with van der Waals surface area (Å²) in [4.78, 5) is 23.9. The van der Waals surface area contributed by atoms with Gasteiger partial charge in [0.25, 0.3) is 5.69 Å². The minimum Gasteiger partial charge on any atom is -0.502 e. The van der Waals surface area contributed by atoms with Gasteiger partial charge in [0.2, 0.25) is 11.6 Å². The fraction of sp³-hybridized carbons (Fsp3) is 0.364. The standard InChI is InChI=1S/C11H11N3O7/c1-5-8(4-15)12-11(21-5)7-2-6(13(17)18)3-9(10(7)16)14(19)20/h2-3,5,8,15-16H,4H2,1H3/t5-,8-/m1/s1. The monoisotopic (exact) mass is 297 g/mol. The van der Waals surface area contributed by atoms with Crippen molar-refractivity contribution in [1.82, 2.24) is 0 Å². The Balaban J connectivity index is 2.58. The van der Waals surface area contributed by atoms with Gasteiger partial charge in [-0.25, -0.2) is 4.99 Å². The summed E-state index contributed by atoms with van der Waals surface area (Å²) in [5.74, 6) is -0.944. The van der Waals surface area contributed by atoms with Crippen LogP contribution in [0.3, 0.4) is 0 Å². The third-order valence-corrected chi connectivity index (χ3v) is 3.02.